The molecule has 0 aliphatic rings. The maximum Gasteiger partial charge on any atom is 0.253 e. The van der Waals surface area contributed by atoms with Gasteiger partial charge in [-0.3, -0.25) is 4.79 Å². The van der Waals surface area contributed by atoms with E-state index in [4.69, 9.17) is 21.1 Å². The lowest BCUT2D eigenvalue weighted by Gasteiger charge is -2.22. The molecule has 20 heavy (non-hydrogen) atoms. The Bertz CT molecular complexity index is 395. The van der Waals surface area contributed by atoms with E-state index in [0.29, 0.717) is 37.7 Å². The summed E-state index contributed by atoms with van der Waals surface area (Å²) < 4.78 is 10.1. The number of halogens is 1. The number of alkyl halides is 1. The molecule has 0 aliphatic carbocycles. The van der Waals surface area contributed by atoms with Gasteiger partial charge in [0, 0.05) is 45.4 Å². The molecule has 0 aliphatic heterocycles. The second-order valence-corrected chi connectivity index (χ2v) is 4.73. The number of amides is 1. The summed E-state index contributed by atoms with van der Waals surface area (Å²) in [5.41, 5.74) is 1.68. The van der Waals surface area contributed by atoms with E-state index in [0.717, 1.165) is 12.0 Å². The zero-order valence-electron chi connectivity index (χ0n) is 12.1. The van der Waals surface area contributed by atoms with E-state index in [1.807, 2.05) is 24.3 Å². The minimum atomic E-state index is 0.0132. The van der Waals surface area contributed by atoms with Crippen LogP contribution < -0.4 is 0 Å². The smallest absolute Gasteiger partial charge is 0.253 e. The van der Waals surface area contributed by atoms with Gasteiger partial charge in [0.1, 0.15) is 0 Å². The van der Waals surface area contributed by atoms with Crippen LogP contribution in [0.5, 0.6) is 0 Å². The molecule has 0 saturated heterocycles. The average Bonchev–Trinajstić information content (AvgIpc) is 2.50. The van der Waals surface area contributed by atoms with E-state index in [9.17, 15) is 4.79 Å². The van der Waals surface area contributed by atoms with E-state index in [1.165, 1.54) is 0 Å². The summed E-state index contributed by atoms with van der Waals surface area (Å²) in [6.07, 6.45) is 0.811. The maximum atomic E-state index is 12.4. The van der Waals surface area contributed by atoms with Crippen LogP contribution >= 0.6 is 11.6 Å². The number of nitrogens with zero attached hydrogens (tertiary/aromatic N) is 1. The van der Waals surface area contributed by atoms with Gasteiger partial charge < -0.3 is 14.4 Å². The van der Waals surface area contributed by atoms with Crippen LogP contribution in [0.3, 0.4) is 0 Å². The molecule has 0 radical (unpaired) electrons. The molecule has 112 valence electrons. The molecule has 1 aromatic rings. The summed E-state index contributed by atoms with van der Waals surface area (Å²) in [4.78, 5) is 14.2. The predicted octanol–water partition coefficient (Wildman–Crippen LogP) is 2.55. The highest BCUT2D eigenvalue weighted by Crippen LogP contribution is 2.10. The first-order chi connectivity index (χ1) is 9.72. The summed E-state index contributed by atoms with van der Waals surface area (Å²) in [6.45, 7) is 2.41. The van der Waals surface area contributed by atoms with Gasteiger partial charge in [-0.25, -0.2) is 0 Å². The van der Waals surface area contributed by atoms with Gasteiger partial charge >= 0.3 is 0 Å². The Morgan fingerprint density at radius 3 is 2.30 bits per heavy atom. The Labute approximate surface area is 125 Å². The zero-order chi connectivity index (χ0) is 14.8. The number of carbonyl (C=O) groups excluding carboxylic acids is 1. The third kappa shape index (κ3) is 5.49. The van der Waals surface area contributed by atoms with Crippen LogP contribution in [0, 0.1) is 0 Å². The fourth-order valence-corrected chi connectivity index (χ4v) is 2.01. The Morgan fingerprint density at radius 1 is 1.10 bits per heavy atom. The molecule has 0 N–H and O–H groups in total. The topological polar surface area (TPSA) is 38.8 Å². The summed E-state index contributed by atoms with van der Waals surface area (Å²) in [7, 11) is 3.29. The molecule has 0 aromatic heterocycles. The van der Waals surface area contributed by atoms with Gasteiger partial charge in [-0.05, 0) is 24.1 Å². The highest BCUT2D eigenvalue weighted by atomic mass is 35.5. The van der Waals surface area contributed by atoms with Crippen molar-refractivity contribution in [3.63, 3.8) is 0 Å². The van der Waals surface area contributed by atoms with E-state index in [-0.39, 0.29) is 5.91 Å². The monoisotopic (exact) mass is 299 g/mol. The lowest BCUT2D eigenvalue weighted by molar-refractivity contribution is 0.0674. The Morgan fingerprint density at radius 2 is 1.75 bits per heavy atom. The first-order valence-corrected chi connectivity index (χ1v) is 7.18. The molecule has 1 amide bonds. The standard InChI is InChI=1S/C15H22ClNO3/c1-19-10-3-8-17(9-11-20-2)15(18)14-6-4-13(12-16)5-7-14/h4-7H,3,8-12H2,1-2H3. The van der Waals surface area contributed by atoms with Crippen LogP contribution in [0.25, 0.3) is 0 Å². The summed E-state index contributed by atoms with van der Waals surface area (Å²) in [5.74, 6) is 0.467. The Balaban J connectivity index is 2.68. The van der Waals surface area contributed by atoms with Crippen molar-refractivity contribution in [3.05, 3.63) is 35.4 Å². The number of carbonyl (C=O) groups is 1. The molecule has 0 unspecified atom stereocenters. The van der Waals surface area contributed by atoms with Crippen LogP contribution in [0.4, 0.5) is 0 Å². The fraction of sp³-hybridized carbons (Fsp3) is 0.533. The molecular formula is C15H22ClNO3. The lowest BCUT2D eigenvalue weighted by Crippen LogP contribution is -2.35. The first kappa shape index (κ1) is 17.0. The van der Waals surface area contributed by atoms with Gasteiger partial charge in [-0.15, -0.1) is 11.6 Å². The SMILES string of the molecule is COCCCN(CCOC)C(=O)c1ccc(CCl)cc1. The number of ether oxygens (including phenoxy) is 2. The second-order valence-electron chi connectivity index (χ2n) is 4.46. The van der Waals surface area contributed by atoms with Gasteiger partial charge in [0.15, 0.2) is 0 Å². The molecule has 5 heteroatoms. The summed E-state index contributed by atoms with van der Waals surface area (Å²) in [5, 5.41) is 0. The van der Waals surface area contributed by atoms with E-state index >= 15 is 0 Å². The fourth-order valence-electron chi connectivity index (χ4n) is 1.84. The molecule has 0 spiro atoms. The quantitative estimate of drug-likeness (QED) is 0.519. The van der Waals surface area contributed by atoms with Crippen LogP contribution in [-0.2, 0) is 15.4 Å². The molecule has 0 bridgehead atoms. The van der Waals surface area contributed by atoms with E-state index in [1.54, 1.807) is 19.1 Å². The van der Waals surface area contributed by atoms with Gasteiger partial charge in [-0.2, -0.15) is 0 Å². The predicted molar refractivity (Wildman–Crippen MR) is 80.3 cm³/mol. The molecule has 0 saturated carbocycles. The van der Waals surface area contributed by atoms with Crippen LogP contribution in [0.15, 0.2) is 24.3 Å². The average molecular weight is 300 g/mol. The molecule has 4 nitrogen and oxygen atoms in total. The van der Waals surface area contributed by atoms with E-state index < -0.39 is 0 Å². The van der Waals surface area contributed by atoms with Crippen molar-refractivity contribution in [1.29, 1.82) is 0 Å². The number of rotatable bonds is 9. The zero-order valence-corrected chi connectivity index (χ0v) is 12.9. The summed E-state index contributed by atoms with van der Waals surface area (Å²) in [6, 6.07) is 7.39. The third-order valence-electron chi connectivity index (χ3n) is 2.98. The number of benzene rings is 1. The van der Waals surface area contributed by atoms with Crippen molar-refractivity contribution in [3.8, 4) is 0 Å². The maximum absolute atomic E-state index is 12.4. The van der Waals surface area contributed by atoms with Crippen molar-refractivity contribution in [2.24, 2.45) is 0 Å². The molecular weight excluding hydrogens is 278 g/mol. The minimum Gasteiger partial charge on any atom is -0.385 e. The van der Waals surface area contributed by atoms with E-state index in [2.05, 4.69) is 0 Å². The normalized spacial score (nSPS) is 10.6. The lowest BCUT2D eigenvalue weighted by atomic mass is 10.1. The van der Waals surface area contributed by atoms with Gasteiger partial charge in [-0.1, -0.05) is 12.1 Å². The molecule has 1 aromatic carbocycles. The first-order valence-electron chi connectivity index (χ1n) is 6.65. The van der Waals surface area contributed by atoms with Crippen molar-refractivity contribution in [2.45, 2.75) is 12.3 Å². The molecule has 1 rings (SSSR count). The van der Waals surface area contributed by atoms with Crippen LogP contribution in [0.1, 0.15) is 22.3 Å². The molecule has 0 atom stereocenters. The van der Waals surface area contributed by atoms with Gasteiger partial charge in [0.2, 0.25) is 0 Å². The highest BCUT2D eigenvalue weighted by Gasteiger charge is 2.15. The number of hydrogen-bond acceptors (Lipinski definition) is 3. The van der Waals surface area contributed by atoms with Gasteiger partial charge in [0.05, 0.1) is 6.61 Å². The minimum absolute atomic E-state index is 0.0132. The number of methoxy groups -OCH3 is 2. The molecule has 0 heterocycles. The largest absolute Gasteiger partial charge is 0.385 e. The van der Waals surface area contributed by atoms with Crippen molar-refractivity contribution in [2.75, 3.05) is 40.5 Å². The van der Waals surface area contributed by atoms with Crippen LogP contribution in [0.2, 0.25) is 0 Å². The van der Waals surface area contributed by atoms with Crippen molar-refractivity contribution >= 4 is 17.5 Å². The van der Waals surface area contributed by atoms with Crippen LogP contribution in [-0.4, -0.2) is 51.3 Å². The Hall–Kier alpha value is -1.10. The number of hydrogen-bond donors (Lipinski definition) is 0. The Kier molecular flexibility index (Phi) is 8.26. The second kappa shape index (κ2) is 9.75. The van der Waals surface area contributed by atoms with Crippen molar-refractivity contribution in [1.82, 2.24) is 4.90 Å². The van der Waals surface area contributed by atoms with Gasteiger partial charge in [0.25, 0.3) is 5.91 Å². The highest BCUT2D eigenvalue weighted by molar-refractivity contribution is 6.17. The molecule has 0 fully saturated rings. The summed E-state index contributed by atoms with van der Waals surface area (Å²) >= 11 is 5.75. The third-order valence-corrected chi connectivity index (χ3v) is 3.29. The van der Waals surface area contributed by atoms with Crippen molar-refractivity contribution < 1.29 is 14.3 Å².